The number of fused-ring (bicyclic) bond motifs is 6. The third-order valence-electron chi connectivity index (χ3n) is 5.53. The number of carbonyl (C=O) groups excluding carboxylic acids is 1. The Morgan fingerprint density at radius 3 is 2.07 bits per heavy atom. The van der Waals surface area contributed by atoms with Crippen LogP contribution in [0.15, 0.2) is 91.0 Å². The normalized spacial score (nSPS) is 12.5. The molecule has 1 aliphatic carbocycles. The van der Waals surface area contributed by atoms with E-state index >= 15 is 0 Å². The Labute approximate surface area is 156 Å². The van der Waals surface area contributed by atoms with Crippen molar-refractivity contribution < 1.29 is 4.79 Å². The first kappa shape index (κ1) is 14.5. The zero-order valence-electron chi connectivity index (χ0n) is 14.5. The van der Waals surface area contributed by atoms with Crippen molar-refractivity contribution in [3.05, 3.63) is 102 Å². The van der Waals surface area contributed by atoms with Crippen LogP contribution in [0.4, 0.5) is 0 Å². The molecule has 0 spiro atoms. The van der Waals surface area contributed by atoms with Crippen LogP contribution in [0, 0.1) is 0 Å². The minimum Gasteiger partial charge on any atom is -0.309 e. The minimum absolute atomic E-state index is 0.124. The molecule has 126 valence electrons. The number of hydrogen-bond donors (Lipinski definition) is 0. The summed E-state index contributed by atoms with van der Waals surface area (Å²) in [6, 6.07) is 30.9. The first-order valence-electron chi connectivity index (χ1n) is 9.10. The summed E-state index contributed by atoms with van der Waals surface area (Å²) in [5, 5.41) is 2.29. The number of para-hydroxylation sites is 2. The van der Waals surface area contributed by atoms with Gasteiger partial charge in [0.05, 0.1) is 11.0 Å². The molecule has 0 saturated carbocycles. The van der Waals surface area contributed by atoms with Gasteiger partial charge in [0.25, 0.3) is 0 Å². The van der Waals surface area contributed by atoms with Crippen LogP contribution in [-0.2, 0) is 0 Å². The number of hydrogen-bond acceptors (Lipinski definition) is 1. The lowest BCUT2D eigenvalue weighted by Gasteiger charge is -2.08. The van der Waals surface area contributed by atoms with Crippen molar-refractivity contribution in [2.75, 3.05) is 0 Å². The van der Waals surface area contributed by atoms with Gasteiger partial charge in [-0.15, -0.1) is 0 Å². The molecule has 5 aromatic rings. The average Bonchev–Trinajstić information content (AvgIpc) is 3.20. The van der Waals surface area contributed by atoms with Gasteiger partial charge in [0.2, 0.25) is 0 Å². The molecular formula is C25H15NO. The molecule has 1 heterocycles. The summed E-state index contributed by atoms with van der Waals surface area (Å²) in [6.07, 6.45) is 0. The van der Waals surface area contributed by atoms with Gasteiger partial charge in [-0.2, -0.15) is 0 Å². The first-order chi connectivity index (χ1) is 13.3. The Morgan fingerprint density at radius 1 is 0.519 bits per heavy atom. The second-order valence-electron chi connectivity index (χ2n) is 6.98. The van der Waals surface area contributed by atoms with Gasteiger partial charge >= 0.3 is 0 Å². The van der Waals surface area contributed by atoms with Crippen molar-refractivity contribution in [1.82, 2.24) is 4.57 Å². The number of nitrogens with zero attached hydrogens (tertiary/aromatic N) is 1. The fraction of sp³-hybridized carbons (Fsp3) is 0. The van der Waals surface area contributed by atoms with Gasteiger partial charge in [-0.1, -0.05) is 60.7 Å². The lowest BCUT2D eigenvalue weighted by Crippen LogP contribution is -1.95. The van der Waals surface area contributed by atoms with Gasteiger partial charge in [-0.3, -0.25) is 4.79 Å². The molecule has 1 aromatic heterocycles. The number of ketones is 1. The van der Waals surface area contributed by atoms with E-state index in [4.69, 9.17) is 0 Å². The van der Waals surface area contributed by atoms with Crippen LogP contribution in [-0.4, -0.2) is 10.4 Å². The second kappa shape index (κ2) is 5.18. The maximum Gasteiger partial charge on any atom is 0.194 e. The third kappa shape index (κ3) is 1.87. The van der Waals surface area contributed by atoms with Gasteiger partial charge < -0.3 is 4.57 Å². The lowest BCUT2D eigenvalue weighted by molar-refractivity contribution is 0.104. The summed E-state index contributed by atoms with van der Waals surface area (Å²) in [6.45, 7) is 0. The molecule has 0 atom stereocenters. The fourth-order valence-corrected chi connectivity index (χ4v) is 4.34. The number of carbonyl (C=O) groups is 1. The Kier molecular flexibility index (Phi) is 2.78. The van der Waals surface area contributed by atoms with Crippen molar-refractivity contribution in [3.8, 4) is 16.8 Å². The highest BCUT2D eigenvalue weighted by Crippen LogP contribution is 2.42. The highest BCUT2D eigenvalue weighted by atomic mass is 16.1. The molecule has 6 rings (SSSR count). The Bertz CT molecular complexity index is 1380. The van der Waals surface area contributed by atoms with Crippen LogP contribution >= 0.6 is 0 Å². The lowest BCUT2D eigenvalue weighted by atomic mass is 10.0. The standard InChI is InChI=1S/C25H15NO/c27-25-19-12-5-4-10-17(19)20-15-24-21(14-22(20)25)18-11-6-7-13-23(18)26(24)16-8-2-1-3-9-16/h1-15H. The highest BCUT2D eigenvalue weighted by Gasteiger charge is 2.28. The summed E-state index contributed by atoms with van der Waals surface area (Å²) in [7, 11) is 0. The van der Waals surface area contributed by atoms with Crippen LogP contribution in [0.2, 0.25) is 0 Å². The van der Waals surface area contributed by atoms with Crippen LogP contribution in [0.25, 0.3) is 38.6 Å². The summed E-state index contributed by atoms with van der Waals surface area (Å²) in [4.78, 5) is 12.9. The molecule has 0 unspecified atom stereocenters. The van der Waals surface area contributed by atoms with E-state index in [1.807, 2.05) is 30.3 Å². The molecule has 27 heavy (non-hydrogen) atoms. The van der Waals surface area contributed by atoms with E-state index in [-0.39, 0.29) is 5.78 Å². The van der Waals surface area contributed by atoms with Gasteiger partial charge in [-0.25, -0.2) is 0 Å². The molecule has 0 bridgehead atoms. The van der Waals surface area contributed by atoms with E-state index in [1.165, 1.54) is 5.39 Å². The summed E-state index contributed by atoms with van der Waals surface area (Å²) >= 11 is 0. The number of rotatable bonds is 1. The van der Waals surface area contributed by atoms with Crippen molar-refractivity contribution in [1.29, 1.82) is 0 Å². The largest absolute Gasteiger partial charge is 0.309 e. The zero-order chi connectivity index (χ0) is 18.0. The smallest absolute Gasteiger partial charge is 0.194 e. The molecule has 0 radical (unpaired) electrons. The average molecular weight is 345 g/mol. The SMILES string of the molecule is O=C1c2ccccc2-c2cc3c(cc21)c1ccccc1n3-c1ccccc1. The molecule has 1 aliphatic rings. The van der Waals surface area contributed by atoms with Crippen molar-refractivity contribution in [2.24, 2.45) is 0 Å². The van der Waals surface area contributed by atoms with E-state index in [1.54, 1.807) is 0 Å². The van der Waals surface area contributed by atoms with Crippen LogP contribution in [0.3, 0.4) is 0 Å². The summed E-state index contributed by atoms with van der Waals surface area (Å²) < 4.78 is 2.29. The van der Waals surface area contributed by atoms with Gasteiger partial charge in [0.1, 0.15) is 0 Å². The maximum absolute atomic E-state index is 12.9. The Morgan fingerprint density at radius 2 is 1.22 bits per heavy atom. The monoisotopic (exact) mass is 345 g/mol. The van der Waals surface area contributed by atoms with Crippen molar-refractivity contribution >= 4 is 27.6 Å². The molecule has 0 aliphatic heterocycles. The molecule has 0 saturated heterocycles. The summed E-state index contributed by atoms with van der Waals surface area (Å²) in [5.74, 6) is 0.124. The minimum atomic E-state index is 0.124. The maximum atomic E-state index is 12.9. The first-order valence-corrected chi connectivity index (χ1v) is 9.10. The predicted molar refractivity (Wildman–Crippen MR) is 110 cm³/mol. The molecule has 4 aromatic carbocycles. The van der Waals surface area contributed by atoms with E-state index in [0.717, 1.165) is 44.4 Å². The second-order valence-corrected chi connectivity index (χ2v) is 6.98. The molecule has 2 nitrogen and oxygen atoms in total. The number of aromatic nitrogens is 1. The van der Waals surface area contributed by atoms with E-state index < -0.39 is 0 Å². The topological polar surface area (TPSA) is 22.0 Å². The van der Waals surface area contributed by atoms with E-state index in [9.17, 15) is 4.79 Å². The molecule has 0 fully saturated rings. The predicted octanol–water partition coefficient (Wildman–Crippen LogP) is 6.00. The molecular weight excluding hydrogens is 330 g/mol. The van der Waals surface area contributed by atoms with Gasteiger partial charge in [0.15, 0.2) is 5.78 Å². The molecule has 2 heteroatoms. The Hall–Kier alpha value is -3.65. The highest BCUT2D eigenvalue weighted by molar-refractivity contribution is 6.25. The van der Waals surface area contributed by atoms with Crippen molar-refractivity contribution in [3.63, 3.8) is 0 Å². The van der Waals surface area contributed by atoms with E-state index in [2.05, 4.69) is 65.2 Å². The van der Waals surface area contributed by atoms with Crippen LogP contribution < -0.4 is 0 Å². The van der Waals surface area contributed by atoms with Gasteiger partial charge in [-0.05, 0) is 41.5 Å². The van der Waals surface area contributed by atoms with Crippen LogP contribution in [0.5, 0.6) is 0 Å². The zero-order valence-corrected chi connectivity index (χ0v) is 14.5. The molecule has 0 amide bonds. The Balaban J connectivity index is 1.79. The fourth-order valence-electron chi connectivity index (χ4n) is 4.34. The third-order valence-corrected chi connectivity index (χ3v) is 5.53. The van der Waals surface area contributed by atoms with E-state index in [0.29, 0.717) is 0 Å². The van der Waals surface area contributed by atoms with Crippen LogP contribution in [0.1, 0.15) is 15.9 Å². The summed E-state index contributed by atoms with van der Waals surface area (Å²) in [5.41, 5.74) is 7.08. The molecule has 0 N–H and O–H groups in total. The quantitative estimate of drug-likeness (QED) is 0.358. The van der Waals surface area contributed by atoms with Gasteiger partial charge in [0, 0.05) is 27.6 Å². The number of benzene rings is 4. The van der Waals surface area contributed by atoms with Crippen molar-refractivity contribution in [2.45, 2.75) is 0 Å².